The number of hydrogen-bond donors (Lipinski definition) is 1. The molecule has 0 bridgehead atoms. The second-order valence-electron chi connectivity index (χ2n) is 4.61. The van der Waals surface area contributed by atoms with E-state index in [-0.39, 0.29) is 0 Å². The average molecular weight is 208 g/mol. The van der Waals surface area contributed by atoms with E-state index in [0.717, 1.165) is 19.6 Å². The lowest BCUT2D eigenvalue weighted by molar-refractivity contribution is 0.209. The zero-order valence-corrected chi connectivity index (χ0v) is 10.1. The summed E-state index contributed by atoms with van der Waals surface area (Å²) in [4.78, 5) is 2.36. The molecule has 86 valence electrons. The molecule has 1 aliphatic heterocycles. The molecule has 1 fully saturated rings. The van der Waals surface area contributed by atoms with Crippen LogP contribution in [0.3, 0.4) is 0 Å². The lowest BCUT2D eigenvalue weighted by Crippen LogP contribution is -2.45. The number of nitrogens with one attached hydrogen (secondary N) is 1. The fourth-order valence-electron chi connectivity index (χ4n) is 2.31. The van der Waals surface area contributed by atoms with Crippen LogP contribution in [0.25, 0.3) is 0 Å². The predicted octanol–water partition coefficient (Wildman–Crippen LogP) is 1.86. The first-order valence-electron chi connectivity index (χ1n) is 6.18. The molecule has 0 aromatic carbocycles. The Morgan fingerprint density at radius 3 is 2.67 bits per heavy atom. The van der Waals surface area contributed by atoms with Crippen LogP contribution in [-0.4, -0.2) is 36.6 Å². The van der Waals surface area contributed by atoms with Crippen LogP contribution in [0.1, 0.15) is 39.5 Å². The Labute approximate surface area is 94.4 Å². The van der Waals surface area contributed by atoms with E-state index in [2.05, 4.69) is 30.0 Å². The van der Waals surface area contributed by atoms with E-state index in [1.807, 2.05) is 0 Å². The van der Waals surface area contributed by atoms with Crippen molar-refractivity contribution in [3.05, 3.63) is 0 Å². The number of rotatable bonds is 5. The number of hydrogen-bond acceptors (Lipinski definition) is 2. The lowest BCUT2D eigenvalue weighted by Gasteiger charge is -2.32. The van der Waals surface area contributed by atoms with Gasteiger partial charge in [-0.05, 0) is 26.2 Å². The van der Waals surface area contributed by atoms with Crippen LogP contribution in [0.5, 0.6) is 0 Å². The normalized spacial score (nSPS) is 21.1. The highest BCUT2D eigenvalue weighted by Gasteiger charge is 2.19. The summed E-state index contributed by atoms with van der Waals surface area (Å²) in [7, 11) is 0. The summed E-state index contributed by atoms with van der Waals surface area (Å²) in [5, 5.41) is 3.70. The molecule has 1 N–H and O–H groups in total. The molecular formula is C13H24N2. The topological polar surface area (TPSA) is 15.3 Å². The minimum atomic E-state index is 0.666. The van der Waals surface area contributed by atoms with Crippen molar-refractivity contribution in [1.82, 2.24) is 10.2 Å². The molecule has 1 rings (SSSR count). The highest BCUT2D eigenvalue weighted by atomic mass is 15.1. The standard InChI is InChI=1S/C13H24N2/c1-4-6-12(3)14-13-7-10-15(9-5-2)11-8-13/h2,12-14H,4,6-11H2,1,3H3. The van der Waals surface area contributed by atoms with Crippen LogP contribution in [-0.2, 0) is 0 Å². The van der Waals surface area contributed by atoms with Gasteiger partial charge in [-0.3, -0.25) is 4.90 Å². The van der Waals surface area contributed by atoms with Gasteiger partial charge >= 0.3 is 0 Å². The highest BCUT2D eigenvalue weighted by molar-refractivity contribution is 4.90. The molecule has 0 aliphatic carbocycles. The Morgan fingerprint density at radius 1 is 1.47 bits per heavy atom. The average Bonchev–Trinajstić information content (AvgIpc) is 2.22. The van der Waals surface area contributed by atoms with Crippen molar-refractivity contribution in [2.24, 2.45) is 0 Å². The second kappa shape index (κ2) is 6.87. The van der Waals surface area contributed by atoms with Gasteiger partial charge in [-0.2, -0.15) is 0 Å². The summed E-state index contributed by atoms with van der Waals surface area (Å²) >= 11 is 0. The van der Waals surface area contributed by atoms with E-state index in [4.69, 9.17) is 6.42 Å². The third-order valence-electron chi connectivity index (χ3n) is 3.14. The molecule has 0 aromatic rings. The lowest BCUT2D eigenvalue weighted by atomic mass is 10.0. The van der Waals surface area contributed by atoms with Gasteiger partial charge in [-0.25, -0.2) is 0 Å². The zero-order chi connectivity index (χ0) is 11.1. The van der Waals surface area contributed by atoms with Crippen LogP contribution in [0.15, 0.2) is 0 Å². The molecule has 1 heterocycles. The van der Waals surface area contributed by atoms with E-state index in [0.29, 0.717) is 12.1 Å². The first kappa shape index (κ1) is 12.5. The predicted molar refractivity (Wildman–Crippen MR) is 65.8 cm³/mol. The van der Waals surface area contributed by atoms with Gasteiger partial charge in [-0.15, -0.1) is 6.42 Å². The van der Waals surface area contributed by atoms with Gasteiger partial charge in [0.05, 0.1) is 6.54 Å². The van der Waals surface area contributed by atoms with Crippen molar-refractivity contribution in [2.45, 2.75) is 51.6 Å². The van der Waals surface area contributed by atoms with E-state index < -0.39 is 0 Å². The highest BCUT2D eigenvalue weighted by Crippen LogP contribution is 2.11. The monoisotopic (exact) mass is 208 g/mol. The summed E-state index contributed by atoms with van der Waals surface area (Å²) in [6, 6.07) is 1.37. The summed E-state index contributed by atoms with van der Waals surface area (Å²) in [5.74, 6) is 2.72. The maximum atomic E-state index is 5.31. The van der Waals surface area contributed by atoms with Gasteiger partial charge in [0.2, 0.25) is 0 Å². The van der Waals surface area contributed by atoms with Crippen LogP contribution in [0.4, 0.5) is 0 Å². The molecule has 0 aromatic heterocycles. The quantitative estimate of drug-likeness (QED) is 0.694. The van der Waals surface area contributed by atoms with Crippen LogP contribution in [0.2, 0.25) is 0 Å². The maximum Gasteiger partial charge on any atom is 0.0598 e. The van der Waals surface area contributed by atoms with Gasteiger partial charge in [0.25, 0.3) is 0 Å². The van der Waals surface area contributed by atoms with Gasteiger partial charge in [0.15, 0.2) is 0 Å². The van der Waals surface area contributed by atoms with E-state index in [1.165, 1.54) is 25.7 Å². The Bertz CT molecular complexity index is 199. The Hall–Kier alpha value is -0.520. The Balaban J connectivity index is 2.17. The SMILES string of the molecule is C#CCN1CCC(NC(C)CCC)CC1. The van der Waals surface area contributed by atoms with Crippen molar-refractivity contribution < 1.29 is 0 Å². The third kappa shape index (κ3) is 4.68. The summed E-state index contributed by atoms with van der Waals surface area (Å²) < 4.78 is 0. The van der Waals surface area contributed by atoms with Gasteiger partial charge in [0, 0.05) is 25.2 Å². The number of likely N-dealkylation sites (tertiary alicyclic amines) is 1. The number of terminal acetylenes is 1. The third-order valence-corrected chi connectivity index (χ3v) is 3.14. The van der Waals surface area contributed by atoms with E-state index in [1.54, 1.807) is 0 Å². The first-order valence-corrected chi connectivity index (χ1v) is 6.18. The van der Waals surface area contributed by atoms with Crippen molar-refractivity contribution in [2.75, 3.05) is 19.6 Å². The van der Waals surface area contributed by atoms with Gasteiger partial charge in [0.1, 0.15) is 0 Å². The maximum absolute atomic E-state index is 5.31. The van der Waals surface area contributed by atoms with Crippen LogP contribution < -0.4 is 5.32 Å². The van der Waals surface area contributed by atoms with Gasteiger partial charge in [-0.1, -0.05) is 19.3 Å². The molecule has 15 heavy (non-hydrogen) atoms. The fraction of sp³-hybridized carbons (Fsp3) is 0.846. The summed E-state index contributed by atoms with van der Waals surface area (Å²) in [6.07, 6.45) is 10.3. The molecule has 0 spiro atoms. The minimum absolute atomic E-state index is 0.666. The molecule has 1 aliphatic rings. The fourth-order valence-corrected chi connectivity index (χ4v) is 2.31. The van der Waals surface area contributed by atoms with E-state index in [9.17, 15) is 0 Å². The Morgan fingerprint density at radius 2 is 2.13 bits per heavy atom. The largest absolute Gasteiger partial charge is 0.311 e. The molecule has 2 nitrogen and oxygen atoms in total. The second-order valence-corrected chi connectivity index (χ2v) is 4.61. The molecule has 1 saturated heterocycles. The van der Waals surface area contributed by atoms with Gasteiger partial charge < -0.3 is 5.32 Å². The van der Waals surface area contributed by atoms with Crippen molar-refractivity contribution >= 4 is 0 Å². The number of piperidine rings is 1. The first-order chi connectivity index (χ1) is 7.26. The van der Waals surface area contributed by atoms with Crippen molar-refractivity contribution in [1.29, 1.82) is 0 Å². The molecule has 0 radical (unpaired) electrons. The molecule has 1 atom stereocenters. The molecule has 2 heteroatoms. The summed E-state index contributed by atoms with van der Waals surface area (Å²) in [6.45, 7) is 7.66. The van der Waals surface area contributed by atoms with E-state index >= 15 is 0 Å². The van der Waals surface area contributed by atoms with Crippen molar-refractivity contribution in [3.63, 3.8) is 0 Å². The number of nitrogens with zero attached hydrogens (tertiary/aromatic N) is 1. The smallest absolute Gasteiger partial charge is 0.0598 e. The molecule has 1 unspecified atom stereocenters. The van der Waals surface area contributed by atoms with Crippen LogP contribution in [0, 0.1) is 12.3 Å². The minimum Gasteiger partial charge on any atom is -0.311 e. The summed E-state index contributed by atoms with van der Waals surface area (Å²) in [5.41, 5.74) is 0. The zero-order valence-electron chi connectivity index (χ0n) is 10.1. The van der Waals surface area contributed by atoms with Crippen LogP contribution >= 0.6 is 0 Å². The van der Waals surface area contributed by atoms with Crippen molar-refractivity contribution in [3.8, 4) is 12.3 Å². The molecule has 0 amide bonds. The Kier molecular flexibility index (Phi) is 5.75. The molecular weight excluding hydrogens is 184 g/mol. The molecule has 0 saturated carbocycles.